The van der Waals surface area contributed by atoms with E-state index < -0.39 is 37.4 Å². The molecular formula is C11H13FN2O5S. The van der Waals surface area contributed by atoms with E-state index in [1.165, 1.54) is 0 Å². The van der Waals surface area contributed by atoms with Gasteiger partial charge < -0.3 is 5.11 Å². The van der Waals surface area contributed by atoms with Gasteiger partial charge in [0.2, 0.25) is 15.8 Å². The van der Waals surface area contributed by atoms with Gasteiger partial charge in [0.15, 0.2) is 4.90 Å². The minimum atomic E-state index is -4.21. The summed E-state index contributed by atoms with van der Waals surface area (Å²) in [6, 6.07) is 2.33. The van der Waals surface area contributed by atoms with Crippen molar-refractivity contribution < 1.29 is 22.8 Å². The Kier molecular flexibility index (Phi) is 4.02. The van der Waals surface area contributed by atoms with Crippen LogP contribution in [0.5, 0.6) is 0 Å². The van der Waals surface area contributed by atoms with Crippen LogP contribution in [0.3, 0.4) is 0 Å². The molecule has 0 bridgehead atoms. The van der Waals surface area contributed by atoms with E-state index >= 15 is 0 Å². The SMILES string of the molecule is O=[N+]([O-])c1c(F)cccc1S(=O)(=O)N1CCC[C@@H]1CO. The van der Waals surface area contributed by atoms with Gasteiger partial charge in [-0.15, -0.1) is 0 Å². The Balaban J connectivity index is 2.55. The molecule has 1 aliphatic heterocycles. The zero-order valence-corrected chi connectivity index (χ0v) is 11.2. The highest BCUT2D eigenvalue weighted by molar-refractivity contribution is 7.89. The highest BCUT2D eigenvalue weighted by atomic mass is 32.2. The average Bonchev–Trinajstić information content (AvgIpc) is 2.86. The summed E-state index contributed by atoms with van der Waals surface area (Å²) >= 11 is 0. The van der Waals surface area contributed by atoms with Crippen molar-refractivity contribution in [1.29, 1.82) is 0 Å². The number of nitro groups is 1. The fourth-order valence-electron chi connectivity index (χ4n) is 2.32. The third-order valence-corrected chi connectivity index (χ3v) is 5.24. The molecule has 110 valence electrons. The molecule has 0 radical (unpaired) electrons. The molecule has 1 N–H and O–H groups in total. The van der Waals surface area contributed by atoms with E-state index in [4.69, 9.17) is 5.11 Å². The standard InChI is InChI=1S/C11H13FN2O5S/c12-9-4-1-5-10(11(9)14(16)17)20(18,19)13-6-2-3-8(13)7-15/h1,4-5,8,15H,2-3,6-7H2/t8-/m1/s1. The van der Waals surface area contributed by atoms with Crippen molar-refractivity contribution >= 4 is 15.7 Å². The van der Waals surface area contributed by atoms with Crippen LogP contribution in [0.4, 0.5) is 10.1 Å². The van der Waals surface area contributed by atoms with E-state index in [1.807, 2.05) is 0 Å². The lowest BCUT2D eigenvalue weighted by atomic mass is 10.2. The Bertz CT molecular complexity index is 634. The highest BCUT2D eigenvalue weighted by Crippen LogP contribution is 2.32. The summed E-state index contributed by atoms with van der Waals surface area (Å²) in [5.74, 6) is -1.20. The number of hydrogen-bond donors (Lipinski definition) is 1. The van der Waals surface area contributed by atoms with E-state index in [2.05, 4.69) is 0 Å². The molecule has 1 aliphatic rings. The average molecular weight is 304 g/mol. The molecule has 20 heavy (non-hydrogen) atoms. The summed E-state index contributed by atoms with van der Waals surface area (Å²) in [5, 5.41) is 20.1. The van der Waals surface area contributed by atoms with Gasteiger partial charge in [-0.05, 0) is 25.0 Å². The predicted molar refractivity (Wildman–Crippen MR) is 67.1 cm³/mol. The number of rotatable bonds is 4. The second-order valence-corrected chi connectivity index (χ2v) is 6.30. The largest absolute Gasteiger partial charge is 0.395 e. The normalized spacial score (nSPS) is 20.2. The van der Waals surface area contributed by atoms with Gasteiger partial charge in [0.1, 0.15) is 0 Å². The van der Waals surface area contributed by atoms with Crippen molar-refractivity contribution in [3.05, 3.63) is 34.1 Å². The molecule has 0 amide bonds. The number of para-hydroxylation sites is 1. The maximum Gasteiger partial charge on any atom is 0.324 e. The molecule has 0 saturated carbocycles. The molecular weight excluding hydrogens is 291 g/mol. The van der Waals surface area contributed by atoms with Gasteiger partial charge in [0.05, 0.1) is 11.5 Å². The first-order valence-corrected chi connectivity index (χ1v) is 7.39. The number of nitro benzene ring substituents is 1. The summed E-state index contributed by atoms with van der Waals surface area (Å²) in [5.41, 5.74) is -1.06. The quantitative estimate of drug-likeness (QED) is 0.657. The maximum atomic E-state index is 13.5. The number of sulfonamides is 1. The first-order valence-electron chi connectivity index (χ1n) is 5.95. The van der Waals surface area contributed by atoms with Crippen LogP contribution in [0.15, 0.2) is 23.1 Å². The van der Waals surface area contributed by atoms with Gasteiger partial charge in [-0.2, -0.15) is 8.70 Å². The number of hydrogen-bond acceptors (Lipinski definition) is 5. The molecule has 1 atom stereocenters. The number of benzene rings is 1. The maximum absolute atomic E-state index is 13.5. The van der Waals surface area contributed by atoms with Crippen LogP contribution in [-0.2, 0) is 10.0 Å². The molecule has 1 saturated heterocycles. The molecule has 0 spiro atoms. The molecule has 1 aromatic carbocycles. The van der Waals surface area contributed by atoms with Gasteiger partial charge in [0, 0.05) is 12.6 Å². The Labute approximate surface area is 114 Å². The van der Waals surface area contributed by atoms with E-state index in [0.717, 1.165) is 22.5 Å². The monoisotopic (exact) mass is 304 g/mol. The molecule has 0 unspecified atom stereocenters. The van der Waals surface area contributed by atoms with Crippen LogP contribution >= 0.6 is 0 Å². The van der Waals surface area contributed by atoms with Crippen LogP contribution in [0.1, 0.15) is 12.8 Å². The summed E-state index contributed by atoms with van der Waals surface area (Å²) in [7, 11) is -4.21. The summed E-state index contributed by atoms with van der Waals surface area (Å²) in [6.45, 7) is -0.219. The van der Waals surface area contributed by atoms with E-state index in [0.29, 0.717) is 12.8 Å². The van der Waals surface area contributed by atoms with Gasteiger partial charge in [0.25, 0.3) is 0 Å². The van der Waals surface area contributed by atoms with Gasteiger partial charge in [-0.1, -0.05) is 6.07 Å². The van der Waals surface area contributed by atoms with Crippen LogP contribution in [0.2, 0.25) is 0 Å². The fraction of sp³-hybridized carbons (Fsp3) is 0.455. The van der Waals surface area contributed by atoms with Crippen molar-refractivity contribution in [2.45, 2.75) is 23.8 Å². The second-order valence-electron chi connectivity index (χ2n) is 4.44. The predicted octanol–water partition coefficient (Wildman–Crippen LogP) is 0.879. The first-order chi connectivity index (χ1) is 9.39. The third kappa shape index (κ3) is 2.39. The molecule has 9 heteroatoms. The number of aliphatic hydroxyl groups excluding tert-OH is 1. The zero-order valence-electron chi connectivity index (χ0n) is 10.4. The Morgan fingerprint density at radius 3 is 2.80 bits per heavy atom. The van der Waals surface area contributed by atoms with E-state index in [9.17, 15) is 22.9 Å². The molecule has 1 aromatic rings. The molecule has 0 aromatic heterocycles. The lowest BCUT2D eigenvalue weighted by Gasteiger charge is -2.22. The van der Waals surface area contributed by atoms with Crippen LogP contribution < -0.4 is 0 Å². The van der Waals surface area contributed by atoms with Crippen LogP contribution in [-0.4, -0.2) is 41.9 Å². The zero-order chi connectivity index (χ0) is 14.9. The Morgan fingerprint density at radius 2 is 2.20 bits per heavy atom. The molecule has 7 nitrogen and oxygen atoms in total. The summed E-state index contributed by atoms with van der Waals surface area (Å²) in [4.78, 5) is 9.16. The second kappa shape index (κ2) is 5.43. The fourth-order valence-corrected chi connectivity index (χ4v) is 4.17. The molecule has 0 aliphatic carbocycles. The van der Waals surface area contributed by atoms with Crippen molar-refractivity contribution in [1.82, 2.24) is 4.31 Å². The Hall–Kier alpha value is -1.58. The minimum Gasteiger partial charge on any atom is -0.395 e. The van der Waals surface area contributed by atoms with Crippen LogP contribution in [0.25, 0.3) is 0 Å². The summed E-state index contributed by atoms with van der Waals surface area (Å²) < 4.78 is 39.4. The van der Waals surface area contributed by atoms with Crippen molar-refractivity contribution in [2.24, 2.45) is 0 Å². The van der Waals surface area contributed by atoms with Crippen molar-refractivity contribution in [3.63, 3.8) is 0 Å². The summed E-state index contributed by atoms with van der Waals surface area (Å²) in [6.07, 6.45) is 1.02. The lowest BCUT2D eigenvalue weighted by molar-refractivity contribution is -0.390. The number of aliphatic hydroxyl groups is 1. The first kappa shape index (κ1) is 14.8. The van der Waals surface area contributed by atoms with E-state index in [1.54, 1.807) is 0 Å². The number of halogens is 1. The lowest BCUT2D eigenvalue weighted by Crippen LogP contribution is -2.37. The molecule has 1 fully saturated rings. The van der Waals surface area contributed by atoms with E-state index in [-0.39, 0.29) is 13.2 Å². The Morgan fingerprint density at radius 1 is 1.50 bits per heavy atom. The number of nitrogens with zero attached hydrogens (tertiary/aromatic N) is 2. The smallest absolute Gasteiger partial charge is 0.324 e. The topological polar surface area (TPSA) is 101 Å². The van der Waals surface area contributed by atoms with Crippen molar-refractivity contribution in [3.8, 4) is 0 Å². The minimum absolute atomic E-state index is 0.154. The van der Waals surface area contributed by atoms with Gasteiger partial charge >= 0.3 is 5.69 Å². The molecule has 2 rings (SSSR count). The van der Waals surface area contributed by atoms with Gasteiger partial charge in [-0.25, -0.2) is 8.42 Å². The highest BCUT2D eigenvalue weighted by Gasteiger charge is 2.39. The molecule has 1 heterocycles. The van der Waals surface area contributed by atoms with Crippen molar-refractivity contribution in [2.75, 3.05) is 13.2 Å². The van der Waals surface area contributed by atoms with Gasteiger partial charge in [-0.3, -0.25) is 10.1 Å². The third-order valence-electron chi connectivity index (χ3n) is 3.25. The van der Waals surface area contributed by atoms with Crippen LogP contribution in [0, 0.1) is 15.9 Å².